The molecule has 136 valence electrons. The molecule has 6 heteroatoms. The lowest BCUT2D eigenvalue weighted by molar-refractivity contribution is -0.137. The van der Waals surface area contributed by atoms with Gasteiger partial charge in [0.15, 0.2) is 0 Å². The number of hydrogen-bond acceptors (Lipinski definition) is 3. The van der Waals surface area contributed by atoms with Gasteiger partial charge in [-0.1, -0.05) is 17.2 Å². The van der Waals surface area contributed by atoms with Crippen LogP contribution in [0.15, 0.2) is 18.2 Å². The van der Waals surface area contributed by atoms with Crippen molar-refractivity contribution in [1.29, 1.82) is 0 Å². The normalized spacial score (nSPS) is 17.2. The van der Waals surface area contributed by atoms with E-state index in [1.165, 1.54) is 0 Å². The molecule has 0 bridgehead atoms. The number of carbonyl (C=O) groups is 3. The van der Waals surface area contributed by atoms with Crippen LogP contribution in [0.2, 0.25) is 0 Å². The van der Waals surface area contributed by atoms with E-state index in [1.807, 2.05) is 19.9 Å². The number of likely N-dealkylation sites (tertiary alicyclic amines) is 1. The van der Waals surface area contributed by atoms with Crippen LogP contribution in [0.3, 0.4) is 0 Å². The van der Waals surface area contributed by atoms with Gasteiger partial charge in [-0.05, 0) is 51.2 Å². The van der Waals surface area contributed by atoms with E-state index in [2.05, 4.69) is 5.32 Å². The fraction of sp³-hybridized carbons (Fsp3) is 0.526. The first-order chi connectivity index (χ1) is 11.8. The summed E-state index contributed by atoms with van der Waals surface area (Å²) in [6.07, 6.45) is 2.55. The number of piperidine rings is 1. The third-order valence-corrected chi connectivity index (χ3v) is 4.52. The SMILES string of the molecule is Cc1cc(C)cc(C(=O)NCC(=O)N2CCCC(CCC(=O)O)C2)c1. The van der Waals surface area contributed by atoms with Crippen molar-refractivity contribution in [2.45, 2.75) is 39.5 Å². The quantitative estimate of drug-likeness (QED) is 0.826. The van der Waals surface area contributed by atoms with E-state index in [0.29, 0.717) is 25.1 Å². The van der Waals surface area contributed by atoms with Crippen molar-refractivity contribution >= 4 is 17.8 Å². The first-order valence-electron chi connectivity index (χ1n) is 8.71. The van der Waals surface area contributed by atoms with Gasteiger partial charge in [-0.15, -0.1) is 0 Å². The van der Waals surface area contributed by atoms with E-state index in [0.717, 1.165) is 24.0 Å². The number of rotatable bonds is 6. The average Bonchev–Trinajstić information content (AvgIpc) is 2.57. The van der Waals surface area contributed by atoms with E-state index < -0.39 is 5.97 Å². The highest BCUT2D eigenvalue weighted by Crippen LogP contribution is 2.21. The zero-order chi connectivity index (χ0) is 18.4. The third-order valence-electron chi connectivity index (χ3n) is 4.52. The van der Waals surface area contributed by atoms with Gasteiger partial charge in [-0.2, -0.15) is 0 Å². The van der Waals surface area contributed by atoms with Crippen molar-refractivity contribution in [3.05, 3.63) is 34.9 Å². The van der Waals surface area contributed by atoms with Gasteiger partial charge in [0, 0.05) is 25.1 Å². The molecular weight excluding hydrogens is 320 g/mol. The summed E-state index contributed by atoms with van der Waals surface area (Å²) >= 11 is 0. The molecule has 25 heavy (non-hydrogen) atoms. The Balaban J connectivity index is 1.84. The van der Waals surface area contributed by atoms with Crippen molar-refractivity contribution in [3.63, 3.8) is 0 Å². The summed E-state index contributed by atoms with van der Waals surface area (Å²) in [5, 5.41) is 11.5. The second-order valence-corrected chi connectivity index (χ2v) is 6.84. The van der Waals surface area contributed by atoms with E-state index in [-0.39, 0.29) is 30.7 Å². The molecule has 6 nitrogen and oxygen atoms in total. The molecular formula is C19H26N2O4. The van der Waals surface area contributed by atoms with Crippen LogP contribution in [0.5, 0.6) is 0 Å². The summed E-state index contributed by atoms with van der Waals surface area (Å²) in [6, 6.07) is 5.60. The second-order valence-electron chi connectivity index (χ2n) is 6.84. The fourth-order valence-corrected chi connectivity index (χ4v) is 3.33. The zero-order valence-electron chi connectivity index (χ0n) is 14.9. The number of carbonyl (C=O) groups excluding carboxylic acids is 2. The molecule has 0 spiro atoms. The lowest BCUT2D eigenvalue weighted by Gasteiger charge is -2.32. The Kier molecular flexibility index (Phi) is 6.56. The zero-order valence-corrected chi connectivity index (χ0v) is 14.9. The van der Waals surface area contributed by atoms with E-state index in [4.69, 9.17) is 5.11 Å². The Morgan fingerprint density at radius 3 is 2.52 bits per heavy atom. The van der Waals surface area contributed by atoms with Gasteiger partial charge in [-0.3, -0.25) is 14.4 Å². The number of aryl methyl sites for hydroxylation is 2. The van der Waals surface area contributed by atoms with Crippen LogP contribution >= 0.6 is 0 Å². The van der Waals surface area contributed by atoms with Gasteiger partial charge in [0.1, 0.15) is 0 Å². The van der Waals surface area contributed by atoms with Crippen molar-refractivity contribution in [1.82, 2.24) is 10.2 Å². The lowest BCUT2D eigenvalue weighted by Crippen LogP contribution is -2.45. The van der Waals surface area contributed by atoms with Gasteiger partial charge < -0.3 is 15.3 Å². The molecule has 1 aliphatic heterocycles. The minimum Gasteiger partial charge on any atom is -0.481 e. The predicted octanol–water partition coefficient (Wildman–Crippen LogP) is 2.14. The number of hydrogen-bond donors (Lipinski definition) is 2. The maximum absolute atomic E-state index is 12.3. The molecule has 2 rings (SSSR count). The summed E-state index contributed by atoms with van der Waals surface area (Å²) in [4.78, 5) is 37.0. The number of carboxylic acids is 1. The molecule has 1 saturated heterocycles. The molecule has 1 aromatic rings. The minimum absolute atomic E-state index is 0.0303. The number of amides is 2. The topological polar surface area (TPSA) is 86.7 Å². The largest absolute Gasteiger partial charge is 0.481 e. The summed E-state index contributed by atoms with van der Waals surface area (Å²) < 4.78 is 0. The third kappa shape index (κ3) is 5.89. The maximum Gasteiger partial charge on any atom is 0.303 e. The summed E-state index contributed by atoms with van der Waals surface area (Å²) in [5.41, 5.74) is 2.57. The molecule has 1 unspecified atom stereocenters. The molecule has 0 aliphatic carbocycles. The van der Waals surface area contributed by atoms with Crippen molar-refractivity contribution in [2.24, 2.45) is 5.92 Å². The number of nitrogens with one attached hydrogen (secondary N) is 1. The van der Waals surface area contributed by atoms with Crippen LogP contribution in [0.4, 0.5) is 0 Å². The molecule has 0 radical (unpaired) electrons. The Morgan fingerprint density at radius 1 is 1.20 bits per heavy atom. The molecule has 0 aromatic heterocycles. The van der Waals surface area contributed by atoms with E-state index in [1.54, 1.807) is 17.0 Å². The molecule has 1 fully saturated rings. The van der Waals surface area contributed by atoms with Crippen LogP contribution in [0.25, 0.3) is 0 Å². The number of benzene rings is 1. The minimum atomic E-state index is -0.802. The van der Waals surface area contributed by atoms with Crippen molar-refractivity contribution in [2.75, 3.05) is 19.6 Å². The maximum atomic E-state index is 12.3. The molecule has 1 atom stereocenters. The fourth-order valence-electron chi connectivity index (χ4n) is 3.33. The number of nitrogens with zero attached hydrogens (tertiary/aromatic N) is 1. The molecule has 1 aliphatic rings. The van der Waals surface area contributed by atoms with Gasteiger partial charge in [0.2, 0.25) is 5.91 Å². The van der Waals surface area contributed by atoms with E-state index >= 15 is 0 Å². The average molecular weight is 346 g/mol. The van der Waals surface area contributed by atoms with Gasteiger partial charge in [0.05, 0.1) is 6.54 Å². The van der Waals surface area contributed by atoms with Gasteiger partial charge in [-0.25, -0.2) is 0 Å². The number of aliphatic carboxylic acids is 1. The van der Waals surface area contributed by atoms with Crippen LogP contribution < -0.4 is 5.32 Å². The Morgan fingerprint density at radius 2 is 1.88 bits per heavy atom. The highest BCUT2D eigenvalue weighted by atomic mass is 16.4. The first-order valence-corrected chi connectivity index (χ1v) is 8.71. The van der Waals surface area contributed by atoms with Crippen LogP contribution in [-0.4, -0.2) is 47.4 Å². The smallest absolute Gasteiger partial charge is 0.303 e. The molecule has 1 heterocycles. The lowest BCUT2D eigenvalue weighted by atomic mass is 9.93. The summed E-state index contributed by atoms with van der Waals surface area (Å²) in [7, 11) is 0. The molecule has 2 N–H and O–H groups in total. The Hall–Kier alpha value is -2.37. The summed E-state index contributed by atoms with van der Waals surface area (Å²) in [5.74, 6) is -0.939. The molecule has 0 saturated carbocycles. The monoisotopic (exact) mass is 346 g/mol. The van der Waals surface area contributed by atoms with Crippen LogP contribution in [0.1, 0.15) is 47.2 Å². The van der Waals surface area contributed by atoms with E-state index in [9.17, 15) is 14.4 Å². The molecule has 1 aromatic carbocycles. The predicted molar refractivity (Wildman–Crippen MR) is 94.4 cm³/mol. The number of carboxylic acid groups (broad SMARTS) is 1. The summed E-state index contributed by atoms with van der Waals surface area (Å²) in [6.45, 7) is 5.07. The van der Waals surface area contributed by atoms with Crippen molar-refractivity contribution < 1.29 is 19.5 Å². The highest BCUT2D eigenvalue weighted by molar-refractivity contribution is 5.96. The Labute approximate surface area is 148 Å². The standard InChI is InChI=1S/C19H26N2O4/c1-13-8-14(2)10-16(9-13)19(25)20-11-17(22)21-7-3-4-15(12-21)5-6-18(23)24/h8-10,15H,3-7,11-12H2,1-2H3,(H,20,25)(H,23,24). The highest BCUT2D eigenvalue weighted by Gasteiger charge is 2.24. The van der Waals surface area contributed by atoms with Gasteiger partial charge >= 0.3 is 5.97 Å². The van der Waals surface area contributed by atoms with Crippen molar-refractivity contribution in [3.8, 4) is 0 Å². The first kappa shape index (κ1) is 19.0. The van der Waals surface area contributed by atoms with Gasteiger partial charge in [0.25, 0.3) is 5.91 Å². The van der Waals surface area contributed by atoms with Crippen LogP contribution in [-0.2, 0) is 9.59 Å². The second kappa shape index (κ2) is 8.65. The molecule has 2 amide bonds. The van der Waals surface area contributed by atoms with Crippen LogP contribution in [0, 0.1) is 19.8 Å². The Bertz CT molecular complexity index is 637.